The van der Waals surface area contributed by atoms with Crippen LogP contribution in [0.15, 0.2) is 52.5 Å². The maximum atomic E-state index is 14.2. The molecule has 0 spiro atoms. The molecule has 42 heavy (non-hydrogen) atoms. The van der Waals surface area contributed by atoms with Crippen molar-refractivity contribution in [3.63, 3.8) is 0 Å². The number of hydrogen-bond acceptors (Lipinski definition) is 4. The molecule has 16 heteroatoms. The van der Waals surface area contributed by atoms with Crippen LogP contribution >= 0.6 is 116 Å². The average Bonchev–Trinajstić information content (AvgIpc) is 3.33. The fourth-order valence-corrected chi connectivity index (χ4v) is 9.16. The number of alkyl halides is 5. The van der Waals surface area contributed by atoms with Gasteiger partial charge in [0.2, 0.25) is 0 Å². The molecule has 1 saturated heterocycles. The van der Waals surface area contributed by atoms with Gasteiger partial charge in [0, 0.05) is 22.0 Å². The van der Waals surface area contributed by atoms with Gasteiger partial charge in [-0.1, -0.05) is 81.2 Å². The Bertz CT molecular complexity index is 1540. The maximum absolute atomic E-state index is 14.2. The number of amides is 3. The third-order valence-electron chi connectivity index (χ3n) is 7.58. The Morgan fingerprint density at radius 2 is 1.29 bits per heavy atom. The first-order valence-corrected chi connectivity index (χ1v) is 15.8. The number of allylic oxidation sites excluding steroid dienone is 2. The minimum atomic E-state index is -2.20. The van der Waals surface area contributed by atoms with Crippen LogP contribution in [0.4, 0.5) is 0 Å². The molecule has 2 aromatic rings. The fraction of sp³-hybridized carbons (Fsp3) is 0.308. The van der Waals surface area contributed by atoms with Gasteiger partial charge in [0.15, 0.2) is 10.1 Å². The zero-order chi connectivity index (χ0) is 31.1. The van der Waals surface area contributed by atoms with E-state index >= 15 is 0 Å². The zero-order valence-corrected chi connectivity index (χ0v) is 28.1. The molecule has 1 aliphatic heterocycles. The summed E-state index contributed by atoms with van der Waals surface area (Å²) in [6.07, 6.45) is -0.185. The van der Waals surface area contributed by atoms with Gasteiger partial charge in [-0.15, -0.1) is 34.8 Å². The summed E-state index contributed by atoms with van der Waals surface area (Å²) in [5.41, 5.74) is 0.0182. The zero-order valence-electron chi connectivity index (χ0n) is 20.5. The third kappa shape index (κ3) is 4.35. The molecule has 3 aliphatic rings. The Balaban J connectivity index is 1.68. The van der Waals surface area contributed by atoms with E-state index in [2.05, 4.69) is 0 Å². The summed E-state index contributed by atoms with van der Waals surface area (Å²) in [6, 6.07) is 8.19. The molecule has 2 aromatic carbocycles. The van der Waals surface area contributed by atoms with Gasteiger partial charge >= 0.3 is 0 Å². The minimum Gasteiger partial charge on any atom is -0.292 e. The van der Waals surface area contributed by atoms with Crippen molar-refractivity contribution < 1.29 is 19.2 Å². The molecule has 6 nitrogen and oxygen atoms in total. The van der Waals surface area contributed by atoms with E-state index in [1.165, 1.54) is 42.5 Å². The molecule has 0 N–H and O–H groups in total. The van der Waals surface area contributed by atoms with Crippen LogP contribution < -0.4 is 0 Å². The van der Waals surface area contributed by atoms with Crippen molar-refractivity contribution in [3.05, 3.63) is 78.7 Å². The summed E-state index contributed by atoms with van der Waals surface area (Å²) in [4.78, 5) is 52.2. The molecule has 1 saturated carbocycles. The molecule has 5 atom stereocenters. The Morgan fingerprint density at radius 3 is 1.76 bits per heavy atom. The van der Waals surface area contributed by atoms with E-state index in [0.717, 1.165) is 0 Å². The minimum absolute atomic E-state index is 0.00521. The number of halogens is 10. The van der Waals surface area contributed by atoms with Crippen molar-refractivity contribution in [3.8, 4) is 0 Å². The number of benzene rings is 2. The van der Waals surface area contributed by atoms with E-state index in [1.807, 2.05) is 0 Å². The van der Waals surface area contributed by atoms with Gasteiger partial charge in [0.1, 0.15) is 15.8 Å². The molecule has 1 heterocycles. The van der Waals surface area contributed by atoms with Crippen molar-refractivity contribution in [2.45, 2.75) is 26.5 Å². The largest absolute Gasteiger partial charge is 0.292 e. The van der Waals surface area contributed by atoms with Crippen molar-refractivity contribution in [1.29, 1.82) is 0 Å². The standard InChI is InChI=1S/C26H14Cl10N2O4/c27-8-7-15(18(39)10-1-4-12(28)5-2-10)37(21(40)11-3-6-13(29)14(30)9-11)38-22(41)16-17(23(38)42)25(34)20(32)19(31)24(16,33)26(25,35)36/h1-6,9,15-17H,7-8H2/t15-,16+,17+,24+,25+/m0/s1. The molecule has 2 fully saturated rings. The quantitative estimate of drug-likeness (QED) is 0.161. The van der Waals surface area contributed by atoms with Crippen LogP contribution in [0.5, 0.6) is 0 Å². The number of fused-ring (bicyclic) bond motifs is 5. The van der Waals surface area contributed by atoms with Crippen LogP contribution in [0.2, 0.25) is 15.1 Å². The molecule has 3 amide bonds. The predicted octanol–water partition coefficient (Wildman–Crippen LogP) is 8.33. The van der Waals surface area contributed by atoms with Crippen LogP contribution in [-0.2, 0) is 9.59 Å². The summed E-state index contributed by atoms with van der Waals surface area (Å²) in [7, 11) is 0. The number of carbonyl (C=O) groups is 4. The highest BCUT2D eigenvalue weighted by molar-refractivity contribution is 6.67. The molecule has 222 valence electrons. The highest BCUT2D eigenvalue weighted by Crippen LogP contribution is 2.77. The summed E-state index contributed by atoms with van der Waals surface area (Å²) in [6.45, 7) is 0. The molecular weight excluding hydrogens is 759 g/mol. The van der Waals surface area contributed by atoms with Crippen LogP contribution in [0, 0.1) is 11.8 Å². The normalized spacial score (nSPS) is 28.4. The highest BCUT2D eigenvalue weighted by Gasteiger charge is 2.88. The smallest absolute Gasteiger partial charge is 0.273 e. The highest BCUT2D eigenvalue weighted by atomic mass is 35.5. The molecule has 0 unspecified atom stereocenters. The maximum Gasteiger partial charge on any atom is 0.273 e. The van der Waals surface area contributed by atoms with E-state index in [1.54, 1.807) is 0 Å². The monoisotopic (exact) mass is 768 g/mol. The van der Waals surface area contributed by atoms with Crippen molar-refractivity contribution in [2.75, 3.05) is 5.88 Å². The number of imide groups is 1. The second-order valence-electron chi connectivity index (χ2n) is 9.71. The van der Waals surface area contributed by atoms with Gasteiger partial charge in [-0.25, -0.2) is 5.01 Å². The Hall–Kier alpha value is -0.640. The lowest BCUT2D eigenvalue weighted by Gasteiger charge is -2.39. The van der Waals surface area contributed by atoms with E-state index in [4.69, 9.17) is 116 Å². The van der Waals surface area contributed by atoms with Crippen molar-refractivity contribution in [2.24, 2.45) is 11.8 Å². The van der Waals surface area contributed by atoms with Crippen LogP contribution in [0.25, 0.3) is 0 Å². The fourth-order valence-electron chi connectivity index (χ4n) is 5.60. The number of hydrazine groups is 1. The number of ketones is 1. The van der Waals surface area contributed by atoms with Crippen LogP contribution in [0.1, 0.15) is 27.1 Å². The summed E-state index contributed by atoms with van der Waals surface area (Å²) in [5, 5.41) is 1.10. The third-order valence-corrected chi connectivity index (χ3v) is 13.1. The Morgan fingerprint density at radius 1 is 0.786 bits per heavy atom. The first kappa shape index (κ1) is 32.7. The predicted molar refractivity (Wildman–Crippen MR) is 167 cm³/mol. The lowest BCUT2D eigenvalue weighted by molar-refractivity contribution is -0.157. The lowest BCUT2D eigenvalue weighted by atomic mass is 9.84. The summed E-state index contributed by atoms with van der Waals surface area (Å²) in [5.74, 6) is -6.94. The molecule has 2 bridgehead atoms. The molecule has 5 rings (SSSR count). The Kier molecular flexibility index (Phi) is 8.82. The summed E-state index contributed by atoms with van der Waals surface area (Å²) < 4.78 is -2.20. The second kappa shape index (κ2) is 11.3. The summed E-state index contributed by atoms with van der Waals surface area (Å²) >= 11 is 64.0. The second-order valence-corrected chi connectivity index (χ2v) is 14.6. The number of rotatable bonds is 7. The van der Waals surface area contributed by atoms with E-state index in [0.29, 0.717) is 15.0 Å². The molecular formula is C26H14Cl10N2O4. The SMILES string of the molecule is O=C(c1ccc(Cl)cc1)[C@H](CCCl)N(C(=O)c1ccc(Cl)c(Cl)c1)N1C(=O)[C@H]2[C@H](C1=O)[C@@]1(Cl)C(Cl)=C(Cl)[C@@]2(Cl)C1(Cl)Cl. The first-order valence-electron chi connectivity index (χ1n) is 11.9. The number of nitrogens with zero attached hydrogens (tertiary/aromatic N) is 2. The van der Waals surface area contributed by atoms with Crippen molar-refractivity contribution in [1.82, 2.24) is 10.0 Å². The van der Waals surface area contributed by atoms with Crippen LogP contribution in [0.3, 0.4) is 0 Å². The Labute approximate surface area is 289 Å². The number of Topliss-reactive ketones (excluding diaryl/α,β-unsaturated/α-hetero) is 1. The van der Waals surface area contributed by atoms with E-state index in [-0.39, 0.29) is 43.5 Å². The molecule has 0 radical (unpaired) electrons. The molecule has 0 aromatic heterocycles. The van der Waals surface area contributed by atoms with Gasteiger partial charge in [-0.2, -0.15) is 5.01 Å². The topological polar surface area (TPSA) is 74.8 Å². The van der Waals surface area contributed by atoms with Crippen LogP contribution in [-0.4, -0.2) is 59.5 Å². The number of hydrogen-bond donors (Lipinski definition) is 0. The van der Waals surface area contributed by atoms with Crippen molar-refractivity contribution >= 4 is 140 Å². The van der Waals surface area contributed by atoms with Gasteiger partial charge in [-0.3, -0.25) is 19.2 Å². The van der Waals surface area contributed by atoms with Gasteiger partial charge in [0.05, 0.1) is 31.9 Å². The lowest BCUT2D eigenvalue weighted by Crippen LogP contribution is -2.60. The average molecular weight is 773 g/mol. The van der Waals surface area contributed by atoms with E-state index < -0.39 is 55.5 Å². The first-order chi connectivity index (χ1) is 19.6. The molecule has 2 aliphatic carbocycles. The van der Waals surface area contributed by atoms with Gasteiger partial charge in [-0.05, 0) is 48.9 Å². The van der Waals surface area contributed by atoms with Gasteiger partial charge < -0.3 is 0 Å². The van der Waals surface area contributed by atoms with E-state index in [9.17, 15) is 19.2 Å². The van der Waals surface area contributed by atoms with Gasteiger partial charge in [0.25, 0.3) is 17.7 Å². The number of carbonyl (C=O) groups excluding carboxylic acids is 4.